The molecule has 0 radical (unpaired) electrons. The average Bonchev–Trinajstić information content (AvgIpc) is 2.72. The van der Waals surface area contributed by atoms with E-state index in [2.05, 4.69) is 29.2 Å². The summed E-state index contributed by atoms with van der Waals surface area (Å²) in [4.78, 5) is 2.15. The monoisotopic (exact) mass is 347 g/mol. The van der Waals surface area contributed by atoms with Crippen LogP contribution in [0.1, 0.15) is 11.1 Å². The van der Waals surface area contributed by atoms with E-state index in [1.165, 1.54) is 12.2 Å². The van der Waals surface area contributed by atoms with Crippen molar-refractivity contribution in [3.8, 4) is 12.1 Å². The van der Waals surface area contributed by atoms with E-state index >= 15 is 0 Å². The number of para-hydroxylation sites is 2. The Morgan fingerprint density at radius 3 is 1.44 bits per heavy atom. The summed E-state index contributed by atoms with van der Waals surface area (Å²) >= 11 is 0. The maximum absolute atomic E-state index is 8.87. The normalized spacial score (nSPS) is 10.6. The molecule has 3 nitrogen and oxygen atoms in total. The second kappa shape index (κ2) is 8.85. The molecule has 0 bridgehead atoms. The van der Waals surface area contributed by atoms with E-state index in [-0.39, 0.29) is 0 Å². The molecule has 0 unspecified atom stereocenters. The van der Waals surface area contributed by atoms with Crippen LogP contribution in [0.2, 0.25) is 0 Å². The lowest BCUT2D eigenvalue weighted by atomic mass is 10.1. The molecule has 3 aromatic carbocycles. The second-order valence-corrected chi connectivity index (χ2v) is 5.79. The number of allylic oxidation sites excluding steroid dienone is 2. The van der Waals surface area contributed by atoms with E-state index in [0.717, 1.165) is 28.2 Å². The van der Waals surface area contributed by atoms with Gasteiger partial charge in [0.1, 0.15) is 0 Å². The van der Waals surface area contributed by atoms with Crippen molar-refractivity contribution in [3.63, 3.8) is 0 Å². The van der Waals surface area contributed by atoms with Crippen LogP contribution in [-0.2, 0) is 0 Å². The summed E-state index contributed by atoms with van der Waals surface area (Å²) in [7, 11) is 0. The van der Waals surface area contributed by atoms with Crippen LogP contribution in [0.25, 0.3) is 12.2 Å². The molecule has 0 fully saturated rings. The van der Waals surface area contributed by atoms with E-state index in [9.17, 15) is 0 Å². The molecular formula is C24H17N3. The van der Waals surface area contributed by atoms with E-state index in [1.807, 2.05) is 66.7 Å². The van der Waals surface area contributed by atoms with Crippen molar-refractivity contribution >= 4 is 29.2 Å². The topological polar surface area (TPSA) is 50.8 Å². The summed E-state index contributed by atoms with van der Waals surface area (Å²) in [5.41, 5.74) is 4.79. The van der Waals surface area contributed by atoms with Gasteiger partial charge in [-0.1, -0.05) is 36.4 Å². The fraction of sp³-hybridized carbons (Fsp3) is 0. The molecule has 0 saturated heterocycles. The van der Waals surface area contributed by atoms with Gasteiger partial charge in [-0.15, -0.1) is 0 Å². The Bertz CT molecular complexity index is 955. The van der Waals surface area contributed by atoms with E-state index < -0.39 is 0 Å². The van der Waals surface area contributed by atoms with Crippen LogP contribution in [0.4, 0.5) is 17.1 Å². The first kappa shape index (κ1) is 17.7. The molecule has 3 heteroatoms. The van der Waals surface area contributed by atoms with Crippen LogP contribution in [0.3, 0.4) is 0 Å². The number of nitrogens with zero attached hydrogens (tertiary/aromatic N) is 3. The van der Waals surface area contributed by atoms with Gasteiger partial charge in [-0.2, -0.15) is 10.5 Å². The Balaban J connectivity index is 2.19. The van der Waals surface area contributed by atoms with E-state index in [0.29, 0.717) is 0 Å². The number of nitriles is 2. The Morgan fingerprint density at radius 1 is 0.593 bits per heavy atom. The molecule has 0 heterocycles. The summed E-state index contributed by atoms with van der Waals surface area (Å²) in [6.07, 6.45) is 6.43. The van der Waals surface area contributed by atoms with Crippen molar-refractivity contribution in [1.82, 2.24) is 0 Å². The summed E-state index contributed by atoms with van der Waals surface area (Å²) in [5.74, 6) is 0. The Morgan fingerprint density at radius 2 is 1.04 bits per heavy atom. The van der Waals surface area contributed by atoms with Crippen molar-refractivity contribution in [2.24, 2.45) is 0 Å². The molecule has 0 atom stereocenters. The zero-order valence-electron chi connectivity index (χ0n) is 14.7. The molecule has 0 aliphatic heterocycles. The number of anilines is 3. The number of benzene rings is 3. The average molecular weight is 347 g/mol. The minimum atomic E-state index is 0.892. The number of hydrogen-bond acceptors (Lipinski definition) is 3. The van der Waals surface area contributed by atoms with Gasteiger partial charge in [-0.3, -0.25) is 0 Å². The standard InChI is InChI=1S/C24H17N3/c25-15-7-9-20-17-21(10-8-16-26)19-24(18-20)27(22-11-3-1-4-12-22)23-13-5-2-6-14-23/h1-14,17-19H/b9-7+,10-8+. The predicted molar refractivity (Wildman–Crippen MR) is 110 cm³/mol. The molecule has 3 rings (SSSR count). The lowest BCUT2D eigenvalue weighted by Crippen LogP contribution is -2.10. The zero-order valence-corrected chi connectivity index (χ0v) is 14.7. The van der Waals surface area contributed by atoms with E-state index in [1.54, 1.807) is 12.2 Å². The highest BCUT2D eigenvalue weighted by molar-refractivity contribution is 5.79. The number of rotatable bonds is 5. The molecule has 3 aromatic rings. The SMILES string of the molecule is N#C/C=C/c1cc(/C=C/C#N)cc(N(c2ccccc2)c2ccccc2)c1. The molecule has 27 heavy (non-hydrogen) atoms. The van der Waals surface area contributed by atoms with Crippen molar-refractivity contribution in [2.45, 2.75) is 0 Å². The lowest BCUT2D eigenvalue weighted by Gasteiger charge is -2.26. The molecule has 0 saturated carbocycles. The Hall–Kier alpha value is -4.08. The lowest BCUT2D eigenvalue weighted by molar-refractivity contribution is 1.28. The van der Waals surface area contributed by atoms with Crippen LogP contribution in [0.5, 0.6) is 0 Å². The maximum atomic E-state index is 8.87. The molecule has 0 aliphatic rings. The van der Waals surface area contributed by atoms with Crippen LogP contribution in [0, 0.1) is 22.7 Å². The molecule has 0 N–H and O–H groups in total. The summed E-state index contributed by atoms with van der Waals surface area (Å²) in [6, 6.07) is 30.2. The highest BCUT2D eigenvalue weighted by Gasteiger charge is 2.12. The third-order valence-corrected chi connectivity index (χ3v) is 3.95. The zero-order chi connectivity index (χ0) is 18.9. The van der Waals surface area contributed by atoms with Crippen molar-refractivity contribution in [2.75, 3.05) is 4.90 Å². The van der Waals surface area contributed by atoms with Crippen LogP contribution in [0.15, 0.2) is 91.0 Å². The largest absolute Gasteiger partial charge is 0.310 e. The van der Waals surface area contributed by atoms with Crippen LogP contribution >= 0.6 is 0 Å². The quantitative estimate of drug-likeness (QED) is 0.514. The predicted octanol–water partition coefficient (Wildman–Crippen LogP) is 6.23. The van der Waals surface area contributed by atoms with E-state index in [4.69, 9.17) is 10.5 Å². The van der Waals surface area contributed by atoms with Crippen molar-refractivity contribution < 1.29 is 0 Å². The Kier molecular flexibility index (Phi) is 5.81. The van der Waals surface area contributed by atoms with Gasteiger partial charge < -0.3 is 4.90 Å². The van der Waals surface area contributed by atoms with Gasteiger partial charge >= 0.3 is 0 Å². The van der Waals surface area contributed by atoms with Gasteiger partial charge in [0.25, 0.3) is 0 Å². The van der Waals surface area contributed by atoms with Crippen LogP contribution in [-0.4, -0.2) is 0 Å². The van der Waals surface area contributed by atoms with Gasteiger partial charge in [0, 0.05) is 29.2 Å². The van der Waals surface area contributed by atoms with Gasteiger partial charge in [0.2, 0.25) is 0 Å². The first-order valence-corrected chi connectivity index (χ1v) is 8.49. The third kappa shape index (κ3) is 4.51. The maximum Gasteiger partial charge on any atom is 0.0912 e. The smallest absolute Gasteiger partial charge is 0.0912 e. The minimum Gasteiger partial charge on any atom is -0.310 e. The molecule has 0 amide bonds. The van der Waals surface area contributed by atoms with Gasteiger partial charge in [0.05, 0.1) is 12.1 Å². The first-order chi connectivity index (χ1) is 13.3. The van der Waals surface area contributed by atoms with Crippen molar-refractivity contribution in [3.05, 3.63) is 102 Å². The molecule has 128 valence electrons. The highest BCUT2D eigenvalue weighted by atomic mass is 15.1. The molecule has 0 aliphatic carbocycles. The molecule has 0 aromatic heterocycles. The summed E-state index contributed by atoms with van der Waals surface area (Å²) in [5, 5.41) is 17.7. The fourth-order valence-electron chi connectivity index (χ4n) is 2.85. The highest BCUT2D eigenvalue weighted by Crippen LogP contribution is 2.35. The van der Waals surface area contributed by atoms with Gasteiger partial charge in [0.15, 0.2) is 0 Å². The summed E-state index contributed by atoms with van der Waals surface area (Å²) in [6.45, 7) is 0. The van der Waals surface area contributed by atoms with Crippen LogP contribution < -0.4 is 4.90 Å². The van der Waals surface area contributed by atoms with Gasteiger partial charge in [-0.25, -0.2) is 0 Å². The first-order valence-electron chi connectivity index (χ1n) is 8.49. The molecule has 0 spiro atoms. The Labute approximate surface area is 159 Å². The van der Waals surface area contributed by atoms with Gasteiger partial charge in [-0.05, 0) is 65.7 Å². The second-order valence-electron chi connectivity index (χ2n) is 5.79. The molecular weight excluding hydrogens is 330 g/mol. The fourth-order valence-corrected chi connectivity index (χ4v) is 2.85. The third-order valence-electron chi connectivity index (χ3n) is 3.95. The minimum absolute atomic E-state index is 0.892. The number of hydrogen-bond donors (Lipinski definition) is 0. The summed E-state index contributed by atoms with van der Waals surface area (Å²) < 4.78 is 0. The van der Waals surface area contributed by atoms with Crippen molar-refractivity contribution in [1.29, 1.82) is 10.5 Å².